The van der Waals surface area contributed by atoms with E-state index in [1.807, 2.05) is 0 Å². The first-order valence-electron chi connectivity index (χ1n) is 8.04. The first-order valence-corrected chi connectivity index (χ1v) is 8.58. The van der Waals surface area contributed by atoms with Crippen molar-refractivity contribution in [3.8, 4) is 0 Å². The van der Waals surface area contributed by atoms with Crippen molar-refractivity contribution in [2.75, 3.05) is 11.4 Å². The number of anilines is 1. The molecule has 3 rings (SSSR count). The summed E-state index contributed by atoms with van der Waals surface area (Å²) < 4.78 is 0. The van der Waals surface area contributed by atoms with Gasteiger partial charge in [0.15, 0.2) is 0 Å². The molecule has 1 aromatic heterocycles. The highest BCUT2D eigenvalue weighted by molar-refractivity contribution is 6.17. The highest BCUT2D eigenvalue weighted by Gasteiger charge is 2.22. The van der Waals surface area contributed by atoms with Crippen LogP contribution in [0, 0.1) is 0 Å². The number of fused-ring (bicyclic) bond motifs is 1. The highest BCUT2D eigenvalue weighted by Crippen LogP contribution is 2.32. The zero-order chi connectivity index (χ0) is 14.7. The van der Waals surface area contributed by atoms with E-state index in [9.17, 15) is 0 Å². The summed E-state index contributed by atoms with van der Waals surface area (Å²) in [7, 11) is 0. The molecule has 1 saturated heterocycles. The number of para-hydroxylation sites is 1. The van der Waals surface area contributed by atoms with E-state index >= 15 is 0 Å². The Morgan fingerprint density at radius 3 is 2.90 bits per heavy atom. The number of rotatable bonds is 3. The molecule has 0 spiro atoms. The molecule has 1 atom stereocenters. The zero-order valence-electron chi connectivity index (χ0n) is 12.7. The van der Waals surface area contributed by atoms with Gasteiger partial charge in [-0.1, -0.05) is 38.0 Å². The van der Waals surface area contributed by atoms with E-state index in [2.05, 4.69) is 47.1 Å². The average molecular weight is 303 g/mol. The SMILES string of the molecule is CCC1CCCCCN1c1cc(CCl)nc2ccccc12. The van der Waals surface area contributed by atoms with Crippen molar-refractivity contribution in [2.24, 2.45) is 0 Å². The number of halogens is 1. The van der Waals surface area contributed by atoms with Crippen molar-refractivity contribution < 1.29 is 0 Å². The molecule has 0 radical (unpaired) electrons. The monoisotopic (exact) mass is 302 g/mol. The number of nitrogens with zero attached hydrogens (tertiary/aromatic N) is 2. The number of hydrogen-bond donors (Lipinski definition) is 0. The van der Waals surface area contributed by atoms with Gasteiger partial charge in [0.05, 0.1) is 17.1 Å². The van der Waals surface area contributed by atoms with Gasteiger partial charge in [0, 0.05) is 23.7 Å². The third-order valence-electron chi connectivity index (χ3n) is 4.54. The third-order valence-corrected chi connectivity index (χ3v) is 4.82. The maximum absolute atomic E-state index is 6.06. The second-order valence-electron chi connectivity index (χ2n) is 5.89. The van der Waals surface area contributed by atoms with E-state index < -0.39 is 0 Å². The minimum Gasteiger partial charge on any atom is -0.368 e. The molecule has 2 aromatic rings. The molecule has 0 amide bonds. The molecule has 2 nitrogen and oxygen atoms in total. The van der Waals surface area contributed by atoms with Crippen molar-refractivity contribution in [3.63, 3.8) is 0 Å². The molecule has 0 N–H and O–H groups in total. The predicted molar refractivity (Wildman–Crippen MR) is 91.2 cm³/mol. The summed E-state index contributed by atoms with van der Waals surface area (Å²) in [6.07, 6.45) is 6.47. The molecule has 1 aliphatic heterocycles. The average Bonchev–Trinajstić information content (AvgIpc) is 2.78. The van der Waals surface area contributed by atoms with Crippen molar-refractivity contribution >= 4 is 28.2 Å². The maximum atomic E-state index is 6.06. The minimum atomic E-state index is 0.475. The van der Waals surface area contributed by atoms with Gasteiger partial charge in [0.1, 0.15) is 0 Å². The van der Waals surface area contributed by atoms with Gasteiger partial charge in [-0.3, -0.25) is 4.98 Å². The molecule has 112 valence electrons. The van der Waals surface area contributed by atoms with Crippen LogP contribution in [-0.2, 0) is 5.88 Å². The Balaban J connectivity index is 2.12. The first kappa shape index (κ1) is 14.6. The lowest BCUT2D eigenvalue weighted by atomic mass is 10.1. The molecule has 1 aromatic carbocycles. The van der Waals surface area contributed by atoms with Gasteiger partial charge in [0.25, 0.3) is 0 Å². The van der Waals surface area contributed by atoms with E-state index in [1.54, 1.807) is 0 Å². The Kier molecular flexibility index (Phi) is 4.64. The van der Waals surface area contributed by atoms with Crippen molar-refractivity contribution in [1.29, 1.82) is 0 Å². The van der Waals surface area contributed by atoms with Crippen LogP contribution < -0.4 is 4.90 Å². The van der Waals surface area contributed by atoms with Crippen LogP contribution in [0.5, 0.6) is 0 Å². The molecular formula is C18H23ClN2. The van der Waals surface area contributed by atoms with E-state index in [0.29, 0.717) is 11.9 Å². The Morgan fingerprint density at radius 1 is 1.24 bits per heavy atom. The lowest BCUT2D eigenvalue weighted by molar-refractivity contribution is 0.557. The summed E-state index contributed by atoms with van der Waals surface area (Å²) in [6.45, 7) is 3.45. The maximum Gasteiger partial charge on any atom is 0.0726 e. The van der Waals surface area contributed by atoms with E-state index in [-0.39, 0.29) is 0 Å². The summed E-state index contributed by atoms with van der Waals surface area (Å²) in [5.41, 5.74) is 3.36. The van der Waals surface area contributed by atoms with Gasteiger partial charge in [-0.25, -0.2) is 0 Å². The number of benzene rings is 1. The molecule has 3 heteroatoms. The fourth-order valence-corrected chi connectivity index (χ4v) is 3.57. The summed E-state index contributed by atoms with van der Waals surface area (Å²) in [4.78, 5) is 7.27. The third kappa shape index (κ3) is 3.01. The van der Waals surface area contributed by atoms with Crippen LogP contribution in [0.1, 0.15) is 44.7 Å². The van der Waals surface area contributed by atoms with Crippen LogP contribution in [0.25, 0.3) is 10.9 Å². The van der Waals surface area contributed by atoms with E-state index in [4.69, 9.17) is 11.6 Å². The van der Waals surface area contributed by atoms with Gasteiger partial charge in [-0.2, -0.15) is 0 Å². The molecule has 21 heavy (non-hydrogen) atoms. The Bertz CT molecular complexity index is 611. The summed E-state index contributed by atoms with van der Waals surface area (Å²) in [5, 5.41) is 1.26. The lowest BCUT2D eigenvalue weighted by Crippen LogP contribution is -2.34. The van der Waals surface area contributed by atoms with Gasteiger partial charge >= 0.3 is 0 Å². The van der Waals surface area contributed by atoms with Crippen LogP contribution >= 0.6 is 11.6 Å². The van der Waals surface area contributed by atoms with Crippen molar-refractivity contribution in [1.82, 2.24) is 4.98 Å². The lowest BCUT2D eigenvalue weighted by Gasteiger charge is -2.32. The number of pyridine rings is 1. The van der Waals surface area contributed by atoms with Gasteiger partial charge < -0.3 is 4.90 Å². The molecule has 1 aliphatic rings. The van der Waals surface area contributed by atoms with Crippen LogP contribution in [-0.4, -0.2) is 17.6 Å². The smallest absolute Gasteiger partial charge is 0.0726 e. The van der Waals surface area contributed by atoms with Gasteiger partial charge in [0.2, 0.25) is 0 Å². The van der Waals surface area contributed by atoms with E-state index in [1.165, 1.54) is 43.2 Å². The fourth-order valence-electron chi connectivity index (χ4n) is 3.44. The largest absolute Gasteiger partial charge is 0.368 e. The molecule has 0 aliphatic carbocycles. The van der Waals surface area contributed by atoms with E-state index in [0.717, 1.165) is 17.8 Å². The summed E-state index contributed by atoms with van der Waals surface area (Å²) in [5.74, 6) is 0.475. The molecule has 0 saturated carbocycles. The summed E-state index contributed by atoms with van der Waals surface area (Å²) in [6, 6.07) is 11.3. The van der Waals surface area contributed by atoms with Crippen molar-refractivity contribution in [3.05, 3.63) is 36.0 Å². The second kappa shape index (κ2) is 6.65. The van der Waals surface area contributed by atoms with Crippen LogP contribution in [0.4, 0.5) is 5.69 Å². The van der Waals surface area contributed by atoms with Crippen molar-refractivity contribution in [2.45, 2.75) is 50.9 Å². The topological polar surface area (TPSA) is 16.1 Å². The minimum absolute atomic E-state index is 0.475. The van der Waals surface area contributed by atoms with Crippen LogP contribution in [0.3, 0.4) is 0 Å². The molecule has 1 unspecified atom stereocenters. The second-order valence-corrected chi connectivity index (χ2v) is 6.16. The zero-order valence-corrected chi connectivity index (χ0v) is 13.4. The summed E-state index contributed by atoms with van der Waals surface area (Å²) >= 11 is 6.06. The molecule has 1 fully saturated rings. The fraction of sp³-hybridized carbons (Fsp3) is 0.500. The number of aromatic nitrogens is 1. The number of hydrogen-bond acceptors (Lipinski definition) is 2. The predicted octanol–water partition coefficient (Wildman–Crippen LogP) is 5.13. The first-order chi connectivity index (χ1) is 10.3. The quantitative estimate of drug-likeness (QED) is 0.730. The Morgan fingerprint density at radius 2 is 2.10 bits per heavy atom. The number of alkyl halides is 1. The molecular weight excluding hydrogens is 280 g/mol. The normalized spacial score (nSPS) is 19.7. The van der Waals surface area contributed by atoms with Gasteiger partial charge in [-0.05, 0) is 31.4 Å². The molecule has 0 bridgehead atoms. The Labute approximate surface area is 132 Å². The van der Waals surface area contributed by atoms with Gasteiger partial charge in [-0.15, -0.1) is 11.6 Å². The highest BCUT2D eigenvalue weighted by atomic mass is 35.5. The van der Waals surface area contributed by atoms with Crippen LogP contribution in [0.15, 0.2) is 30.3 Å². The standard InChI is InChI=1S/C18H23ClN2/c1-2-15-8-4-3-7-11-21(15)18-12-14(13-19)20-17-10-6-5-9-16(17)18/h5-6,9-10,12,15H,2-4,7-8,11,13H2,1H3. The van der Waals surface area contributed by atoms with Crippen LogP contribution in [0.2, 0.25) is 0 Å². The molecule has 2 heterocycles. The Hall–Kier alpha value is -1.28.